The fourth-order valence-electron chi connectivity index (χ4n) is 2.55. The number of hydrogen-bond acceptors (Lipinski definition) is 4. The molecule has 0 radical (unpaired) electrons. The van der Waals surface area contributed by atoms with E-state index >= 15 is 0 Å². The van der Waals surface area contributed by atoms with Gasteiger partial charge in [-0.2, -0.15) is 0 Å². The molecule has 1 saturated heterocycles. The Morgan fingerprint density at radius 2 is 2.05 bits per heavy atom. The summed E-state index contributed by atoms with van der Waals surface area (Å²) >= 11 is 0. The van der Waals surface area contributed by atoms with Crippen LogP contribution >= 0.6 is 0 Å². The Labute approximate surface area is 125 Å². The Morgan fingerprint density at radius 1 is 1.29 bits per heavy atom. The third-order valence-electron chi connectivity index (χ3n) is 3.99. The number of nitrogens with one attached hydrogen (secondary N) is 1. The van der Waals surface area contributed by atoms with Crippen LogP contribution in [-0.4, -0.2) is 34.3 Å². The minimum absolute atomic E-state index is 0.0316. The van der Waals surface area contributed by atoms with Crippen molar-refractivity contribution >= 4 is 5.65 Å². The van der Waals surface area contributed by atoms with Gasteiger partial charge in [0.2, 0.25) is 5.88 Å². The van der Waals surface area contributed by atoms with Crippen LogP contribution in [0.4, 0.5) is 0 Å². The van der Waals surface area contributed by atoms with E-state index in [0.29, 0.717) is 11.8 Å². The summed E-state index contributed by atoms with van der Waals surface area (Å²) in [5, 5.41) is 7.88. The van der Waals surface area contributed by atoms with Crippen molar-refractivity contribution in [3.8, 4) is 5.88 Å². The van der Waals surface area contributed by atoms with Gasteiger partial charge in [0.1, 0.15) is 0 Å². The lowest BCUT2D eigenvalue weighted by atomic mass is 9.93. The van der Waals surface area contributed by atoms with E-state index in [1.165, 1.54) is 12.8 Å². The summed E-state index contributed by atoms with van der Waals surface area (Å²) in [7, 11) is 0. The molecule has 0 atom stereocenters. The van der Waals surface area contributed by atoms with Gasteiger partial charge in [-0.05, 0) is 37.9 Å². The van der Waals surface area contributed by atoms with Crippen LogP contribution in [0.25, 0.3) is 5.65 Å². The average molecular weight is 288 g/mol. The molecule has 3 heterocycles. The molecule has 5 heteroatoms. The zero-order valence-electron chi connectivity index (χ0n) is 13.1. The normalized spacial score (nSPS) is 17.3. The topological polar surface area (TPSA) is 51.5 Å². The Bertz CT molecular complexity index is 608. The predicted octanol–water partition coefficient (Wildman–Crippen LogP) is 2.41. The molecular formula is C16H24N4O. The highest BCUT2D eigenvalue weighted by Gasteiger charge is 2.18. The summed E-state index contributed by atoms with van der Waals surface area (Å²) in [5.74, 6) is 1.32. The third-order valence-corrected chi connectivity index (χ3v) is 3.99. The zero-order valence-corrected chi connectivity index (χ0v) is 13.1. The largest absolute Gasteiger partial charge is 0.476 e. The lowest BCUT2D eigenvalue weighted by Crippen LogP contribution is -2.30. The highest BCUT2D eigenvalue weighted by atomic mass is 16.5. The van der Waals surface area contributed by atoms with Gasteiger partial charge in [0.05, 0.1) is 18.5 Å². The maximum Gasteiger partial charge on any atom is 0.231 e. The third kappa shape index (κ3) is 3.35. The van der Waals surface area contributed by atoms with Gasteiger partial charge in [0.25, 0.3) is 0 Å². The van der Waals surface area contributed by atoms with E-state index in [4.69, 9.17) is 4.74 Å². The molecule has 0 spiro atoms. The molecule has 0 unspecified atom stereocenters. The molecule has 1 aliphatic rings. The van der Waals surface area contributed by atoms with Crippen molar-refractivity contribution in [3.05, 3.63) is 24.0 Å². The Morgan fingerprint density at radius 3 is 2.76 bits per heavy atom. The van der Waals surface area contributed by atoms with Crippen LogP contribution in [-0.2, 0) is 5.41 Å². The number of fused-ring (bicyclic) bond motifs is 1. The van der Waals surface area contributed by atoms with Crippen LogP contribution in [0, 0.1) is 5.92 Å². The number of imidazole rings is 1. The summed E-state index contributed by atoms with van der Waals surface area (Å²) in [4.78, 5) is 4.61. The molecule has 1 fully saturated rings. The summed E-state index contributed by atoms with van der Waals surface area (Å²) in [5.41, 5.74) is 1.95. The number of hydrogen-bond donors (Lipinski definition) is 1. The van der Waals surface area contributed by atoms with E-state index in [-0.39, 0.29) is 5.41 Å². The maximum absolute atomic E-state index is 5.86. The predicted molar refractivity (Wildman–Crippen MR) is 82.8 cm³/mol. The molecule has 21 heavy (non-hydrogen) atoms. The molecule has 0 aromatic carbocycles. The minimum Gasteiger partial charge on any atom is -0.476 e. The van der Waals surface area contributed by atoms with Gasteiger partial charge < -0.3 is 10.1 Å². The SMILES string of the molecule is CC(C)(C)c1cn2nc(OCC3CCNCC3)ccc2n1. The zero-order chi connectivity index (χ0) is 14.9. The van der Waals surface area contributed by atoms with Crippen LogP contribution in [0.2, 0.25) is 0 Å². The van der Waals surface area contributed by atoms with Crippen molar-refractivity contribution in [1.82, 2.24) is 19.9 Å². The van der Waals surface area contributed by atoms with Crippen LogP contribution < -0.4 is 10.1 Å². The number of piperidine rings is 1. The first kappa shape index (κ1) is 14.3. The quantitative estimate of drug-likeness (QED) is 0.942. The van der Waals surface area contributed by atoms with E-state index in [2.05, 4.69) is 36.2 Å². The number of ether oxygens (including phenoxy) is 1. The van der Waals surface area contributed by atoms with E-state index in [9.17, 15) is 0 Å². The molecule has 1 N–H and O–H groups in total. The molecular weight excluding hydrogens is 264 g/mol. The number of nitrogens with zero attached hydrogens (tertiary/aromatic N) is 3. The van der Waals surface area contributed by atoms with E-state index in [1.807, 2.05) is 22.8 Å². The highest BCUT2D eigenvalue weighted by molar-refractivity contribution is 5.40. The van der Waals surface area contributed by atoms with Crippen molar-refractivity contribution < 1.29 is 4.74 Å². The smallest absolute Gasteiger partial charge is 0.231 e. The van der Waals surface area contributed by atoms with Crippen LogP contribution in [0.1, 0.15) is 39.3 Å². The van der Waals surface area contributed by atoms with Crippen molar-refractivity contribution in [1.29, 1.82) is 0 Å². The summed E-state index contributed by atoms with van der Waals surface area (Å²) in [6.45, 7) is 9.41. The monoisotopic (exact) mass is 288 g/mol. The second-order valence-corrected chi connectivity index (χ2v) is 6.85. The summed E-state index contributed by atoms with van der Waals surface area (Å²) in [6.07, 6.45) is 4.36. The van der Waals surface area contributed by atoms with Crippen molar-refractivity contribution in [3.63, 3.8) is 0 Å². The van der Waals surface area contributed by atoms with E-state index in [0.717, 1.165) is 31.0 Å². The average Bonchev–Trinajstić information content (AvgIpc) is 2.89. The first-order valence-corrected chi connectivity index (χ1v) is 7.73. The van der Waals surface area contributed by atoms with E-state index < -0.39 is 0 Å². The summed E-state index contributed by atoms with van der Waals surface area (Å²) < 4.78 is 7.68. The van der Waals surface area contributed by atoms with Crippen molar-refractivity contribution in [2.45, 2.75) is 39.0 Å². The first-order chi connectivity index (χ1) is 10.0. The lowest BCUT2D eigenvalue weighted by molar-refractivity contribution is 0.207. The molecule has 114 valence electrons. The Kier molecular flexibility index (Phi) is 3.85. The van der Waals surface area contributed by atoms with Gasteiger partial charge in [0.15, 0.2) is 5.65 Å². The second kappa shape index (κ2) is 5.64. The molecule has 3 rings (SSSR count). The number of rotatable bonds is 3. The molecule has 0 amide bonds. The van der Waals surface area contributed by atoms with Gasteiger partial charge in [-0.3, -0.25) is 0 Å². The molecule has 0 saturated carbocycles. The Hall–Kier alpha value is -1.62. The van der Waals surface area contributed by atoms with Crippen LogP contribution in [0.3, 0.4) is 0 Å². The van der Waals surface area contributed by atoms with Gasteiger partial charge in [-0.1, -0.05) is 20.8 Å². The van der Waals surface area contributed by atoms with Crippen molar-refractivity contribution in [2.24, 2.45) is 5.92 Å². The van der Waals surface area contributed by atoms with E-state index in [1.54, 1.807) is 0 Å². The Balaban J connectivity index is 1.71. The highest BCUT2D eigenvalue weighted by Crippen LogP contribution is 2.22. The minimum atomic E-state index is 0.0316. The van der Waals surface area contributed by atoms with Crippen LogP contribution in [0.15, 0.2) is 18.3 Å². The van der Waals surface area contributed by atoms with Gasteiger partial charge in [-0.25, -0.2) is 9.50 Å². The second-order valence-electron chi connectivity index (χ2n) is 6.85. The van der Waals surface area contributed by atoms with Crippen molar-refractivity contribution in [2.75, 3.05) is 19.7 Å². The summed E-state index contributed by atoms with van der Waals surface area (Å²) in [6, 6.07) is 3.88. The fourth-order valence-corrected chi connectivity index (χ4v) is 2.55. The molecule has 1 aliphatic heterocycles. The molecule has 0 aliphatic carbocycles. The van der Waals surface area contributed by atoms with Gasteiger partial charge in [0, 0.05) is 11.5 Å². The maximum atomic E-state index is 5.86. The molecule has 2 aromatic heterocycles. The van der Waals surface area contributed by atoms with Gasteiger partial charge >= 0.3 is 0 Å². The molecule has 5 nitrogen and oxygen atoms in total. The first-order valence-electron chi connectivity index (χ1n) is 7.73. The fraction of sp³-hybridized carbons (Fsp3) is 0.625. The van der Waals surface area contributed by atoms with Crippen LogP contribution in [0.5, 0.6) is 5.88 Å². The van der Waals surface area contributed by atoms with Gasteiger partial charge in [-0.15, -0.1) is 5.10 Å². The number of aromatic nitrogens is 3. The lowest BCUT2D eigenvalue weighted by Gasteiger charge is -2.22. The molecule has 2 aromatic rings. The molecule has 0 bridgehead atoms. The standard InChI is InChI=1S/C16H24N4O/c1-16(2,3)13-10-20-14(18-13)4-5-15(19-20)21-11-12-6-8-17-9-7-12/h4-5,10,12,17H,6-9,11H2,1-3H3.